The molecular weight excluding hydrogens is 450 g/mol. The third-order valence-corrected chi connectivity index (χ3v) is 4.29. The number of halogens is 2. The number of ether oxygens (including phenoxy) is 1. The summed E-state index contributed by atoms with van der Waals surface area (Å²) in [5.74, 6) is 0.658. The second-order valence-electron chi connectivity index (χ2n) is 5.96. The van der Waals surface area contributed by atoms with E-state index in [9.17, 15) is 9.18 Å². The molecule has 1 heterocycles. The molecule has 1 amide bonds. The molecule has 1 N–H and O–H groups in total. The Morgan fingerprint density at radius 3 is 2.31 bits per heavy atom. The van der Waals surface area contributed by atoms with Gasteiger partial charge in [-0.1, -0.05) is 12.1 Å². The van der Waals surface area contributed by atoms with Crippen molar-refractivity contribution in [2.45, 2.75) is 20.0 Å². The van der Waals surface area contributed by atoms with Crippen LogP contribution in [0.4, 0.5) is 4.39 Å². The minimum Gasteiger partial charge on any atom is -0.375 e. The average molecular weight is 478 g/mol. The highest BCUT2D eigenvalue weighted by molar-refractivity contribution is 14.0. The summed E-state index contributed by atoms with van der Waals surface area (Å²) in [5.41, 5.74) is 0.893. The van der Waals surface area contributed by atoms with Gasteiger partial charge in [-0.25, -0.2) is 4.39 Å². The maximum absolute atomic E-state index is 13.1. The third-order valence-electron chi connectivity index (χ3n) is 4.29. The Kier molecular flexibility index (Phi) is 9.85. The van der Waals surface area contributed by atoms with Crippen LogP contribution in [-0.2, 0) is 9.53 Å². The molecular formula is C18H28FIN4O2. The highest BCUT2D eigenvalue weighted by Crippen LogP contribution is 2.17. The van der Waals surface area contributed by atoms with Crippen molar-refractivity contribution >= 4 is 35.8 Å². The molecule has 2 rings (SSSR count). The van der Waals surface area contributed by atoms with E-state index >= 15 is 0 Å². The van der Waals surface area contributed by atoms with Crippen LogP contribution in [0.15, 0.2) is 29.3 Å². The molecule has 1 fully saturated rings. The fraction of sp³-hybridized carbons (Fsp3) is 0.556. The van der Waals surface area contributed by atoms with Crippen molar-refractivity contribution in [3.05, 3.63) is 35.6 Å². The predicted octanol–water partition coefficient (Wildman–Crippen LogP) is 2.26. The number of carbonyl (C=O) groups is 1. The first-order valence-corrected chi connectivity index (χ1v) is 8.62. The summed E-state index contributed by atoms with van der Waals surface area (Å²) in [6.45, 7) is 7.73. The largest absolute Gasteiger partial charge is 0.375 e. The molecule has 1 aromatic carbocycles. The minimum absolute atomic E-state index is 0. The Hall–Kier alpha value is -1.42. The zero-order valence-electron chi connectivity index (χ0n) is 15.6. The van der Waals surface area contributed by atoms with Gasteiger partial charge in [0, 0.05) is 46.8 Å². The summed E-state index contributed by atoms with van der Waals surface area (Å²) in [5, 5.41) is 3.29. The average Bonchev–Trinajstić information content (AvgIpc) is 2.62. The zero-order valence-corrected chi connectivity index (χ0v) is 17.9. The lowest BCUT2D eigenvalue weighted by molar-refractivity contribution is -0.130. The van der Waals surface area contributed by atoms with E-state index in [4.69, 9.17) is 4.74 Å². The lowest BCUT2D eigenvalue weighted by atomic mass is 10.1. The SMILES string of the molecule is CCNC(=NCC(OC)c1ccc(F)cc1)N1CCN(C(C)=O)CC1.I. The third kappa shape index (κ3) is 6.39. The number of guanidine groups is 1. The van der Waals surface area contributed by atoms with Crippen LogP contribution in [0.3, 0.4) is 0 Å². The first kappa shape index (κ1) is 22.6. The molecule has 1 unspecified atom stereocenters. The molecule has 1 aliphatic heterocycles. The molecule has 146 valence electrons. The van der Waals surface area contributed by atoms with Gasteiger partial charge < -0.3 is 19.9 Å². The van der Waals surface area contributed by atoms with E-state index in [2.05, 4.69) is 15.2 Å². The first-order chi connectivity index (χ1) is 12.0. The van der Waals surface area contributed by atoms with E-state index < -0.39 is 0 Å². The quantitative estimate of drug-likeness (QED) is 0.401. The van der Waals surface area contributed by atoms with E-state index in [1.165, 1.54) is 12.1 Å². The lowest BCUT2D eigenvalue weighted by Gasteiger charge is -2.36. The molecule has 6 nitrogen and oxygen atoms in total. The number of methoxy groups -OCH3 is 1. The Bertz CT molecular complexity index is 589. The second kappa shape index (κ2) is 11.3. The summed E-state index contributed by atoms with van der Waals surface area (Å²) in [7, 11) is 1.63. The number of benzene rings is 1. The van der Waals surface area contributed by atoms with E-state index in [1.807, 2.05) is 11.8 Å². The number of rotatable bonds is 5. The van der Waals surface area contributed by atoms with Gasteiger partial charge in [-0.15, -0.1) is 24.0 Å². The maximum atomic E-state index is 13.1. The number of nitrogens with zero attached hydrogens (tertiary/aromatic N) is 3. The normalized spacial score (nSPS) is 16.1. The van der Waals surface area contributed by atoms with Crippen LogP contribution in [0, 0.1) is 5.82 Å². The molecule has 1 saturated heterocycles. The van der Waals surface area contributed by atoms with Gasteiger partial charge in [0.1, 0.15) is 11.9 Å². The molecule has 0 radical (unpaired) electrons. The molecule has 0 saturated carbocycles. The molecule has 0 spiro atoms. The minimum atomic E-state index is -0.265. The number of piperazine rings is 1. The Morgan fingerprint density at radius 2 is 1.81 bits per heavy atom. The monoisotopic (exact) mass is 478 g/mol. The molecule has 1 aliphatic rings. The maximum Gasteiger partial charge on any atom is 0.219 e. The van der Waals surface area contributed by atoms with E-state index in [0.717, 1.165) is 31.2 Å². The highest BCUT2D eigenvalue weighted by Gasteiger charge is 2.21. The van der Waals surface area contributed by atoms with Crippen molar-refractivity contribution in [2.24, 2.45) is 4.99 Å². The van der Waals surface area contributed by atoms with Crippen molar-refractivity contribution in [3.8, 4) is 0 Å². The number of nitrogens with one attached hydrogen (secondary N) is 1. The second-order valence-corrected chi connectivity index (χ2v) is 5.96. The number of hydrogen-bond donors (Lipinski definition) is 1. The number of carbonyl (C=O) groups excluding carboxylic acids is 1. The fourth-order valence-corrected chi connectivity index (χ4v) is 2.82. The van der Waals surface area contributed by atoms with Crippen LogP contribution in [0.25, 0.3) is 0 Å². The Labute approximate surface area is 171 Å². The van der Waals surface area contributed by atoms with E-state index in [0.29, 0.717) is 19.6 Å². The summed E-state index contributed by atoms with van der Waals surface area (Å²) in [4.78, 5) is 20.1. The topological polar surface area (TPSA) is 57.2 Å². The smallest absolute Gasteiger partial charge is 0.219 e. The summed E-state index contributed by atoms with van der Waals surface area (Å²) in [6, 6.07) is 6.30. The van der Waals surface area contributed by atoms with Crippen LogP contribution in [-0.4, -0.2) is 68.0 Å². The summed E-state index contributed by atoms with van der Waals surface area (Å²) in [6.07, 6.45) is -0.229. The highest BCUT2D eigenvalue weighted by atomic mass is 127. The first-order valence-electron chi connectivity index (χ1n) is 8.62. The zero-order chi connectivity index (χ0) is 18.2. The van der Waals surface area contributed by atoms with Gasteiger partial charge in [-0.2, -0.15) is 0 Å². The van der Waals surface area contributed by atoms with Crippen LogP contribution in [0.2, 0.25) is 0 Å². The molecule has 0 aromatic heterocycles. The Balaban J connectivity index is 0.00000338. The molecule has 1 atom stereocenters. The van der Waals surface area contributed by atoms with Gasteiger partial charge in [0.05, 0.1) is 6.54 Å². The molecule has 1 aromatic rings. The molecule has 8 heteroatoms. The fourth-order valence-electron chi connectivity index (χ4n) is 2.82. The molecule has 0 aliphatic carbocycles. The van der Waals surface area contributed by atoms with Crippen molar-refractivity contribution in [2.75, 3.05) is 46.4 Å². The standard InChI is InChI=1S/C18H27FN4O2.HI/c1-4-20-18(23-11-9-22(10-12-23)14(2)24)21-13-17(25-3)15-5-7-16(19)8-6-15;/h5-8,17H,4,9-13H2,1-3H3,(H,20,21);1H. The van der Waals surface area contributed by atoms with Crippen molar-refractivity contribution in [3.63, 3.8) is 0 Å². The van der Waals surface area contributed by atoms with Gasteiger partial charge in [-0.05, 0) is 24.6 Å². The van der Waals surface area contributed by atoms with Gasteiger partial charge in [0.15, 0.2) is 5.96 Å². The van der Waals surface area contributed by atoms with Crippen molar-refractivity contribution < 1.29 is 13.9 Å². The van der Waals surface area contributed by atoms with Crippen LogP contribution < -0.4 is 5.32 Å². The number of amides is 1. The van der Waals surface area contributed by atoms with Crippen molar-refractivity contribution in [1.82, 2.24) is 15.1 Å². The van der Waals surface area contributed by atoms with Crippen LogP contribution in [0.5, 0.6) is 0 Å². The number of aliphatic imine (C=N–C) groups is 1. The number of hydrogen-bond acceptors (Lipinski definition) is 3. The van der Waals surface area contributed by atoms with E-state index in [1.54, 1.807) is 26.2 Å². The van der Waals surface area contributed by atoms with Gasteiger partial charge in [-0.3, -0.25) is 9.79 Å². The van der Waals surface area contributed by atoms with Crippen molar-refractivity contribution in [1.29, 1.82) is 0 Å². The Morgan fingerprint density at radius 1 is 1.23 bits per heavy atom. The summed E-state index contributed by atoms with van der Waals surface area (Å²) >= 11 is 0. The van der Waals surface area contributed by atoms with Gasteiger partial charge in [0.25, 0.3) is 0 Å². The van der Waals surface area contributed by atoms with Crippen LogP contribution >= 0.6 is 24.0 Å². The molecule has 0 bridgehead atoms. The summed E-state index contributed by atoms with van der Waals surface area (Å²) < 4.78 is 18.6. The van der Waals surface area contributed by atoms with Gasteiger partial charge >= 0.3 is 0 Å². The predicted molar refractivity (Wildman–Crippen MR) is 111 cm³/mol. The van der Waals surface area contributed by atoms with Gasteiger partial charge in [0.2, 0.25) is 5.91 Å². The van der Waals surface area contributed by atoms with E-state index in [-0.39, 0.29) is 41.8 Å². The lowest BCUT2D eigenvalue weighted by Crippen LogP contribution is -2.53. The van der Waals surface area contributed by atoms with Crippen LogP contribution in [0.1, 0.15) is 25.5 Å². The molecule has 26 heavy (non-hydrogen) atoms.